The van der Waals surface area contributed by atoms with Gasteiger partial charge in [-0.1, -0.05) is 24.3 Å². The number of H-pyrrole nitrogens is 1. The van der Waals surface area contributed by atoms with E-state index < -0.39 is 0 Å². The molecule has 1 saturated carbocycles. The maximum absolute atomic E-state index is 6.14. The zero-order chi connectivity index (χ0) is 16.8. The highest BCUT2D eigenvalue weighted by molar-refractivity contribution is 7.71. The molecule has 126 valence electrons. The van der Waals surface area contributed by atoms with E-state index >= 15 is 0 Å². The van der Waals surface area contributed by atoms with Crippen molar-refractivity contribution in [2.75, 3.05) is 6.61 Å². The second-order valence-corrected chi connectivity index (χ2v) is 6.89. The second kappa shape index (κ2) is 5.74. The van der Waals surface area contributed by atoms with Crippen LogP contribution in [0.15, 0.2) is 46.9 Å². The molecule has 1 fully saturated rings. The first-order valence-electron chi connectivity index (χ1n) is 8.47. The second-order valence-electron chi connectivity index (χ2n) is 6.51. The monoisotopic (exact) mass is 351 g/mol. The van der Waals surface area contributed by atoms with E-state index in [1.807, 2.05) is 12.1 Å². The number of hydrogen-bond donors (Lipinski definition) is 1. The molecule has 0 radical (unpaired) electrons. The molecular weight excluding hydrogens is 334 g/mol. The summed E-state index contributed by atoms with van der Waals surface area (Å²) in [4.78, 5) is 0.296. The lowest BCUT2D eigenvalue weighted by Gasteiger charge is -2.08. The predicted molar refractivity (Wildman–Crippen MR) is 98.5 cm³/mol. The van der Waals surface area contributed by atoms with Crippen LogP contribution in [0.1, 0.15) is 18.7 Å². The minimum atomic E-state index is 0.296. The van der Waals surface area contributed by atoms with Crippen LogP contribution in [0, 0.1) is 10.8 Å². The maximum atomic E-state index is 6.14. The molecule has 2 heterocycles. The zero-order valence-corrected chi connectivity index (χ0v) is 14.4. The number of nitrogens with one attached hydrogen (secondary N) is 1. The number of para-hydroxylation sites is 1. The van der Waals surface area contributed by atoms with Gasteiger partial charge in [-0.3, -0.25) is 0 Å². The zero-order valence-electron chi connectivity index (χ0n) is 13.6. The standard InChI is InChI=1S/C19H17N3O2S/c25-19-21-20-17(24-19)10-22-14-5-2-1-4-13(14)18-15(22)6-3-7-16(18)23-11-12-8-9-12/h1-7,12H,8-11H2,(H,21,25). The van der Waals surface area contributed by atoms with Crippen molar-refractivity contribution in [3.05, 3.63) is 53.2 Å². The molecule has 2 aromatic carbocycles. The van der Waals surface area contributed by atoms with Crippen LogP contribution in [0.4, 0.5) is 0 Å². The van der Waals surface area contributed by atoms with E-state index in [1.54, 1.807) is 0 Å². The van der Waals surface area contributed by atoms with Gasteiger partial charge >= 0.3 is 0 Å². The van der Waals surface area contributed by atoms with Crippen LogP contribution >= 0.6 is 12.2 Å². The fraction of sp³-hybridized carbons (Fsp3) is 0.263. The highest BCUT2D eigenvalue weighted by Crippen LogP contribution is 2.37. The lowest BCUT2D eigenvalue weighted by Crippen LogP contribution is -2.01. The van der Waals surface area contributed by atoms with Crippen molar-refractivity contribution in [3.63, 3.8) is 0 Å². The number of aromatic nitrogens is 3. The molecule has 0 amide bonds. The molecule has 1 aliphatic rings. The van der Waals surface area contributed by atoms with Crippen LogP contribution in [0.25, 0.3) is 21.8 Å². The lowest BCUT2D eigenvalue weighted by molar-refractivity contribution is 0.303. The number of benzene rings is 2. The summed E-state index contributed by atoms with van der Waals surface area (Å²) in [6.45, 7) is 1.32. The molecule has 0 spiro atoms. The number of fused-ring (bicyclic) bond motifs is 3. The van der Waals surface area contributed by atoms with Gasteiger partial charge in [0.1, 0.15) is 12.3 Å². The largest absolute Gasteiger partial charge is 0.493 e. The Morgan fingerprint density at radius 1 is 1.16 bits per heavy atom. The minimum Gasteiger partial charge on any atom is -0.493 e. The number of rotatable bonds is 5. The Labute approximate surface area is 149 Å². The van der Waals surface area contributed by atoms with Crippen molar-refractivity contribution in [1.82, 2.24) is 14.8 Å². The van der Waals surface area contributed by atoms with Crippen LogP contribution in [0.3, 0.4) is 0 Å². The van der Waals surface area contributed by atoms with Crippen molar-refractivity contribution in [2.24, 2.45) is 5.92 Å². The van der Waals surface area contributed by atoms with Gasteiger partial charge in [0.05, 0.1) is 12.1 Å². The van der Waals surface area contributed by atoms with Gasteiger partial charge in [-0.05, 0) is 49.2 Å². The quantitative estimate of drug-likeness (QED) is 0.531. The first-order valence-corrected chi connectivity index (χ1v) is 8.87. The lowest BCUT2D eigenvalue weighted by atomic mass is 10.1. The minimum absolute atomic E-state index is 0.296. The van der Waals surface area contributed by atoms with Crippen molar-refractivity contribution in [3.8, 4) is 5.75 Å². The van der Waals surface area contributed by atoms with E-state index in [4.69, 9.17) is 21.4 Å². The molecule has 1 N–H and O–H groups in total. The van der Waals surface area contributed by atoms with Crippen molar-refractivity contribution in [1.29, 1.82) is 0 Å². The Morgan fingerprint density at radius 2 is 2.00 bits per heavy atom. The summed E-state index contributed by atoms with van der Waals surface area (Å²) in [6, 6.07) is 14.6. The SMILES string of the molecule is S=c1[nH]nc(Cn2c3ccccc3c3c(OCC4CC4)cccc32)o1. The Morgan fingerprint density at radius 3 is 2.80 bits per heavy atom. The summed E-state index contributed by atoms with van der Waals surface area (Å²) in [7, 11) is 0. The van der Waals surface area contributed by atoms with Crippen molar-refractivity contribution in [2.45, 2.75) is 19.4 Å². The van der Waals surface area contributed by atoms with E-state index in [1.165, 1.54) is 18.2 Å². The number of hydrogen-bond acceptors (Lipinski definition) is 4. The summed E-state index contributed by atoms with van der Waals surface area (Å²) in [6.07, 6.45) is 2.56. The molecule has 5 rings (SSSR count). The van der Waals surface area contributed by atoms with Crippen LogP contribution in [-0.4, -0.2) is 21.4 Å². The molecule has 2 aromatic heterocycles. The first-order chi connectivity index (χ1) is 12.3. The molecule has 1 aliphatic carbocycles. The molecule has 4 aromatic rings. The van der Waals surface area contributed by atoms with Gasteiger partial charge in [-0.25, -0.2) is 5.10 Å². The third-order valence-corrected chi connectivity index (χ3v) is 4.88. The van der Waals surface area contributed by atoms with E-state index in [-0.39, 0.29) is 0 Å². The summed E-state index contributed by atoms with van der Waals surface area (Å²) < 4.78 is 13.8. The van der Waals surface area contributed by atoms with Crippen LogP contribution in [-0.2, 0) is 6.54 Å². The summed E-state index contributed by atoms with van der Waals surface area (Å²) in [5.41, 5.74) is 2.24. The Bertz CT molecular complexity index is 1120. The van der Waals surface area contributed by atoms with Gasteiger partial charge in [0.2, 0.25) is 5.89 Å². The smallest absolute Gasteiger partial charge is 0.284 e. The van der Waals surface area contributed by atoms with Gasteiger partial charge in [-0.2, -0.15) is 0 Å². The fourth-order valence-corrected chi connectivity index (χ4v) is 3.45. The van der Waals surface area contributed by atoms with Crippen LogP contribution < -0.4 is 4.74 Å². The summed E-state index contributed by atoms with van der Waals surface area (Å²) >= 11 is 4.99. The number of ether oxygens (including phenoxy) is 1. The maximum Gasteiger partial charge on any atom is 0.284 e. The molecule has 0 bridgehead atoms. The van der Waals surface area contributed by atoms with Crippen molar-refractivity contribution >= 4 is 34.0 Å². The average Bonchev–Trinajstić information content (AvgIpc) is 3.30. The molecule has 0 atom stereocenters. The normalized spacial score (nSPS) is 14.4. The molecule has 6 heteroatoms. The predicted octanol–water partition coefficient (Wildman–Crippen LogP) is 4.68. The van der Waals surface area contributed by atoms with Crippen LogP contribution in [0.2, 0.25) is 0 Å². The Balaban J connectivity index is 1.69. The molecule has 5 nitrogen and oxygen atoms in total. The number of aromatic amines is 1. The highest BCUT2D eigenvalue weighted by Gasteiger charge is 2.23. The molecule has 25 heavy (non-hydrogen) atoms. The topological polar surface area (TPSA) is 56.0 Å². The Hall–Kier alpha value is -2.60. The van der Waals surface area contributed by atoms with Gasteiger partial charge in [0, 0.05) is 16.3 Å². The highest BCUT2D eigenvalue weighted by atomic mass is 32.1. The van der Waals surface area contributed by atoms with Gasteiger partial charge in [-0.15, -0.1) is 5.10 Å². The van der Waals surface area contributed by atoms with E-state index in [9.17, 15) is 0 Å². The molecule has 0 saturated heterocycles. The van der Waals surface area contributed by atoms with E-state index in [0.717, 1.165) is 34.7 Å². The number of nitrogens with zero attached hydrogens (tertiary/aromatic N) is 2. The van der Waals surface area contributed by atoms with Gasteiger partial charge in [0.25, 0.3) is 4.84 Å². The van der Waals surface area contributed by atoms with Gasteiger partial charge < -0.3 is 13.7 Å². The first kappa shape index (κ1) is 14.7. The Kier molecular flexibility index (Phi) is 3.38. The van der Waals surface area contributed by atoms with E-state index in [2.05, 4.69) is 45.1 Å². The van der Waals surface area contributed by atoms with Crippen LogP contribution in [0.5, 0.6) is 5.75 Å². The van der Waals surface area contributed by atoms with Crippen molar-refractivity contribution < 1.29 is 9.15 Å². The fourth-order valence-electron chi connectivity index (χ4n) is 3.31. The summed E-state index contributed by atoms with van der Waals surface area (Å²) in [5.74, 6) is 2.23. The third kappa shape index (κ3) is 2.62. The third-order valence-electron chi connectivity index (χ3n) is 4.71. The van der Waals surface area contributed by atoms with Gasteiger partial charge in [0.15, 0.2) is 0 Å². The molecular formula is C19H17N3O2S. The summed E-state index contributed by atoms with van der Waals surface area (Å²) in [5, 5.41) is 9.16. The molecule has 0 aliphatic heterocycles. The average molecular weight is 351 g/mol. The molecule has 0 unspecified atom stereocenters. The van der Waals surface area contributed by atoms with E-state index in [0.29, 0.717) is 17.3 Å².